The fourth-order valence-electron chi connectivity index (χ4n) is 3.42. The van der Waals surface area contributed by atoms with E-state index in [0.717, 1.165) is 0 Å². The van der Waals surface area contributed by atoms with E-state index in [0.29, 0.717) is 28.6 Å². The van der Waals surface area contributed by atoms with Crippen LogP contribution in [0.2, 0.25) is 0 Å². The molecule has 0 saturated heterocycles. The third kappa shape index (κ3) is 4.06. The van der Waals surface area contributed by atoms with Crippen LogP contribution in [0.4, 0.5) is 11.4 Å². The fourth-order valence-corrected chi connectivity index (χ4v) is 4.92. The number of rotatable bonds is 6. The summed E-state index contributed by atoms with van der Waals surface area (Å²) in [4.78, 5) is 13.1. The Bertz CT molecular complexity index is 1230. The monoisotopic (exact) mass is 454 g/mol. The summed E-state index contributed by atoms with van der Waals surface area (Å²) in [6, 6.07) is 19.8. The number of hydrogen-bond acceptors (Lipinski definition) is 6. The first-order chi connectivity index (χ1) is 15.4. The Morgan fingerprint density at radius 2 is 1.66 bits per heavy atom. The van der Waals surface area contributed by atoms with E-state index in [2.05, 4.69) is 5.32 Å². The molecule has 4 rings (SSSR count). The summed E-state index contributed by atoms with van der Waals surface area (Å²) in [6.07, 6.45) is -1.06. The number of carbonyl (C=O) groups excluding carboxylic acids is 1. The second kappa shape index (κ2) is 8.80. The van der Waals surface area contributed by atoms with Crippen molar-refractivity contribution in [3.05, 3.63) is 72.8 Å². The van der Waals surface area contributed by atoms with E-state index >= 15 is 0 Å². The van der Waals surface area contributed by atoms with Gasteiger partial charge >= 0.3 is 0 Å². The number of nitrogens with one attached hydrogen (secondary N) is 1. The zero-order chi connectivity index (χ0) is 22.7. The highest BCUT2D eigenvalue weighted by Gasteiger charge is 2.37. The smallest absolute Gasteiger partial charge is 0.267 e. The fraction of sp³-hybridized carbons (Fsp3) is 0.174. The quantitative estimate of drug-likeness (QED) is 0.614. The standard InChI is InChI=1S/C23H22N2O6S/c1-29-20-13-12-16(14-21(20)30-2)24-23(26)22-15-25(18-10-6-7-11-19(18)31-22)32(27,28)17-8-4-3-5-9-17/h3-14,22H,15H2,1-2H3,(H,24,26)/t22-/m1/s1. The molecule has 0 aromatic heterocycles. The van der Waals surface area contributed by atoms with Crippen molar-refractivity contribution >= 4 is 27.3 Å². The second-order valence-corrected chi connectivity index (χ2v) is 8.84. The first kappa shape index (κ1) is 21.5. The number of hydrogen-bond donors (Lipinski definition) is 1. The number of anilines is 2. The van der Waals surface area contributed by atoms with Crippen molar-refractivity contribution in [2.24, 2.45) is 0 Å². The van der Waals surface area contributed by atoms with Crippen molar-refractivity contribution < 1.29 is 27.4 Å². The molecular formula is C23H22N2O6S. The molecule has 0 saturated carbocycles. The summed E-state index contributed by atoms with van der Waals surface area (Å²) in [5.41, 5.74) is 0.846. The Hall–Kier alpha value is -3.72. The lowest BCUT2D eigenvalue weighted by Crippen LogP contribution is -2.48. The van der Waals surface area contributed by atoms with E-state index in [1.807, 2.05) is 0 Å². The van der Waals surface area contributed by atoms with Crippen LogP contribution in [0.5, 0.6) is 17.2 Å². The highest BCUT2D eigenvalue weighted by molar-refractivity contribution is 7.92. The molecule has 0 spiro atoms. The Morgan fingerprint density at radius 1 is 0.969 bits per heavy atom. The zero-order valence-electron chi connectivity index (χ0n) is 17.5. The minimum absolute atomic E-state index is 0.135. The van der Waals surface area contributed by atoms with Crippen LogP contribution < -0.4 is 23.8 Å². The summed E-state index contributed by atoms with van der Waals surface area (Å²) < 4.78 is 44.2. The maximum atomic E-state index is 13.3. The number of sulfonamides is 1. The van der Waals surface area contributed by atoms with Gasteiger partial charge in [-0.1, -0.05) is 30.3 Å². The first-order valence-corrected chi connectivity index (χ1v) is 11.2. The van der Waals surface area contributed by atoms with E-state index in [1.165, 1.54) is 30.7 Å². The number of para-hydroxylation sites is 2. The summed E-state index contributed by atoms with van der Waals surface area (Å²) in [7, 11) is -0.882. The average Bonchev–Trinajstić information content (AvgIpc) is 2.83. The number of carbonyl (C=O) groups is 1. The number of ether oxygens (including phenoxy) is 3. The molecule has 8 nitrogen and oxygen atoms in total. The molecule has 1 aliphatic rings. The molecule has 1 atom stereocenters. The molecule has 166 valence electrons. The van der Waals surface area contributed by atoms with Gasteiger partial charge < -0.3 is 19.5 Å². The number of methoxy groups -OCH3 is 2. The number of benzene rings is 3. The van der Waals surface area contributed by atoms with Gasteiger partial charge in [-0.2, -0.15) is 0 Å². The van der Waals surface area contributed by atoms with Gasteiger partial charge in [0.1, 0.15) is 5.75 Å². The van der Waals surface area contributed by atoms with E-state index in [1.54, 1.807) is 60.7 Å². The van der Waals surface area contributed by atoms with Crippen molar-refractivity contribution in [2.75, 3.05) is 30.4 Å². The van der Waals surface area contributed by atoms with Gasteiger partial charge in [-0.15, -0.1) is 0 Å². The SMILES string of the molecule is COc1ccc(NC(=O)[C@H]2CN(S(=O)(=O)c3ccccc3)c3ccccc3O2)cc1OC. The van der Waals surface area contributed by atoms with Crippen molar-refractivity contribution in [1.29, 1.82) is 0 Å². The van der Waals surface area contributed by atoms with Gasteiger partial charge in [0, 0.05) is 11.8 Å². The lowest BCUT2D eigenvalue weighted by Gasteiger charge is -2.34. The van der Waals surface area contributed by atoms with Gasteiger partial charge in [0.2, 0.25) is 0 Å². The zero-order valence-corrected chi connectivity index (χ0v) is 18.3. The Labute approximate surface area is 186 Å². The van der Waals surface area contributed by atoms with Gasteiger partial charge in [0.15, 0.2) is 17.6 Å². The van der Waals surface area contributed by atoms with Gasteiger partial charge in [-0.3, -0.25) is 9.10 Å². The molecule has 3 aromatic carbocycles. The predicted octanol–water partition coefficient (Wildman–Crippen LogP) is 3.30. The molecule has 0 radical (unpaired) electrons. The van der Waals surface area contributed by atoms with Crippen LogP contribution in [0.1, 0.15) is 0 Å². The summed E-state index contributed by atoms with van der Waals surface area (Å²) in [6.45, 7) is -0.173. The van der Waals surface area contributed by atoms with E-state index in [-0.39, 0.29) is 11.4 Å². The van der Waals surface area contributed by atoms with Crippen LogP contribution in [0, 0.1) is 0 Å². The Morgan fingerprint density at radius 3 is 2.38 bits per heavy atom. The van der Waals surface area contributed by atoms with Crippen molar-refractivity contribution in [1.82, 2.24) is 0 Å². The van der Waals surface area contributed by atoms with Crippen LogP contribution in [-0.4, -0.2) is 41.2 Å². The van der Waals surface area contributed by atoms with Gasteiger partial charge in [-0.25, -0.2) is 8.42 Å². The van der Waals surface area contributed by atoms with E-state index < -0.39 is 22.0 Å². The molecular weight excluding hydrogens is 432 g/mol. The molecule has 1 amide bonds. The van der Waals surface area contributed by atoms with Crippen molar-refractivity contribution in [2.45, 2.75) is 11.0 Å². The second-order valence-electron chi connectivity index (χ2n) is 6.98. The lowest BCUT2D eigenvalue weighted by molar-refractivity contribution is -0.122. The number of fused-ring (bicyclic) bond motifs is 1. The summed E-state index contributed by atoms with van der Waals surface area (Å²) in [5, 5.41) is 2.76. The number of amides is 1. The highest BCUT2D eigenvalue weighted by Crippen LogP contribution is 2.37. The lowest BCUT2D eigenvalue weighted by atomic mass is 10.2. The Kier molecular flexibility index (Phi) is 5.91. The van der Waals surface area contributed by atoms with Gasteiger partial charge in [0.25, 0.3) is 15.9 Å². The molecule has 9 heteroatoms. The molecule has 0 aliphatic carbocycles. The summed E-state index contributed by atoms with van der Waals surface area (Å²) in [5.74, 6) is 0.799. The first-order valence-electron chi connectivity index (χ1n) is 9.80. The van der Waals surface area contributed by atoms with Crippen LogP contribution in [0.25, 0.3) is 0 Å². The van der Waals surface area contributed by atoms with Crippen molar-refractivity contribution in [3.63, 3.8) is 0 Å². The molecule has 3 aromatic rings. The van der Waals surface area contributed by atoms with E-state index in [4.69, 9.17) is 14.2 Å². The molecule has 1 heterocycles. The summed E-state index contributed by atoms with van der Waals surface area (Å²) >= 11 is 0. The molecule has 1 N–H and O–H groups in total. The normalized spacial score (nSPS) is 15.3. The average molecular weight is 455 g/mol. The molecule has 1 aliphatic heterocycles. The maximum absolute atomic E-state index is 13.3. The Balaban J connectivity index is 1.63. The van der Waals surface area contributed by atoms with Gasteiger partial charge in [-0.05, 0) is 36.4 Å². The number of nitrogens with zero attached hydrogens (tertiary/aromatic N) is 1. The van der Waals surface area contributed by atoms with Gasteiger partial charge in [0.05, 0.1) is 31.3 Å². The van der Waals surface area contributed by atoms with Crippen LogP contribution in [0.3, 0.4) is 0 Å². The van der Waals surface area contributed by atoms with Crippen LogP contribution in [0.15, 0.2) is 77.7 Å². The minimum Gasteiger partial charge on any atom is -0.493 e. The van der Waals surface area contributed by atoms with Crippen LogP contribution in [-0.2, 0) is 14.8 Å². The third-order valence-electron chi connectivity index (χ3n) is 5.01. The molecule has 0 unspecified atom stereocenters. The maximum Gasteiger partial charge on any atom is 0.267 e. The predicted molar refractivity (Wildman–Crippen MR) is 120 cm³/mol. The third-order valence-corrected chi connectivity index (χ3v) is 6.80. The van der Waals surface area contributed by atoms with Crippen LogP contribution >= 0.6 is 0 Å². The topological polar surface area (TPSA) is 94.2 Å². The minimum atomic E-state index is -3.90. The molecule has 0 bridgehead atoms. The molecule has 0 fully saturated rings. The highest BCUT2D eigenvalue weighted by atomic mass is 32.2. The largest absolute Gasteiger partial charge is 0.493 e. The molecule has 32 heavy (non-hydrogen) atoms. The van der Waals surface area contributed by atoms with E-state index in [9.17, 15) is 13.2 Å². The van der Waals surface area contributed by atoms with Crippen molar-refractivity contribution in [3.8, 4) is 17.2 Å².